The van der Waals surface area contributed by atoms with Crippen molar-refractivity contribution >= 4 is 11.8 Å². The van der Waals surface area contributed by atoms with Crippen molar-refractivity contribution < 1.29 is 38.7 Å². The first-order valence-corrected chi connectivity index (χ1v) is 12.9. The molecule has 3 rings (SSSR count). The van der Waals surface area contributed by atoms with Crippen molar-refractivity contribution in [2.45, 2.75) is 109 Å². The van der Waals surface area contributed by atoms with Crippen LogP contribution in [0.5, 0.6) is 0 Å². The van der Waals surface area contributed by atoms with E-state index >= 15 is 0 Å². The minimum absolute atomic E-state index is 0.00505. The molecule has 3 aliphatic heterocycles. The summed E-state index contributed by atoms with van der Waals surface area (Å²) in [7, 11) is 0. The lowest BCUT2D eigenvalue weighted by Gasteiger charge is -2.40. The molecule has 0 aromatic heterocycles. The summed E-state index contributed by atoms with van der Waals surface area (Å²) in [5, 5.41) is 21.0. The van der Waals surface area contributed by atoms with Crippen molar-refractivity contribution in [3.8, 4) is 0 Å². The van der Waals surface area contributed by atoms with Gasteiger partial charge in [0.05, 0.1) is 18.8 Å². The molecule has 0 aromatic carbocycles. The lowest BCUT2D eigenvalue weighted by atomic mass is 9.81. The third kappa shape index (κ3) is 7.83. The van der Waals surface area contributed by atoms with Gasteiger partial charge in [-0.05, 0) is 64.5 Å². The fourth-order valence-electron chi connectivity index (χ4n) is 5.23. The number of aliphatic hydroxyl groups is 2. The highest BCUT2D eigenvalue weighted by Crippen LogP contribution is 2.45. The molecule has 8 nitrogen and oxygen atoms in total. The van der Waals surface area contributed by atoms with Crippen LogP contribution in [0.2, 0.25) is 0 Å². The zero-order valence-electron chi connectivity index (χ0n) is 22.3. The monoisotopic (exact) mass is 506 g/mol. The highest BCUT2D eigenvalue weighted by molar-refractivity contribution is 5.89. The molecule has 0 radical (unpaired) electrons. The van der Waals surface area contributed by atoms with E-state index in [0.717, 1.165) is 18.4 Å². The van der Waals surface area contributed by atoms with Crippen molar-refractivity contribution in [3.05, 3.63) is 36.0 Å². The number of carbonyl (C=O) groups is 2. The number of aliphatic hydroxyl groups excluding tert-OH is 1. The highest BCUT2D eigenvalue weighted by atomic mass is 16.7. The first-order chi connectivity index (χ1) is 16.8. The second-order valence-corrected chi connectivity index (χ2v) is 11.0. The van der Waals surface area contributed by atoms with Crippen LogP contribution in [0, 0.1) is 11.8 Å². The van der Waals surface area contributed by atoms with Crippen molar-refractivity contribution in [1.82, 2.24) is 0 Å². The fourth-order valence-corrected chi connectivity index (χ4v) is 5.23. The Morgan fingerprint density at radius 2 is 1.92 bits per heavy atom. The molecule has 8 heteroatoms. The summed E-state index contributed by atoms with van der Waals surface area (Å²) < 4.78 is 22.4. The molecule has 3 heterocycles. The molecule has 0 bridgehead atoms. The van der Waals surface area contributed by atoms with Crippen LogP contribution in [-0.4, -0.2) is 70.5 Å². The molecular formula is C28H42O8. The first kappa shape index (κ1) is 28.7. The van der Waals surface area contributed by atoms with E-state index in [9.17, 15) is 19.8 Å². The Hall–Kier alpha value is -1.84. The minimum Gasteiger partial charge on any atom is -0.459 e. The Kier molecular flexibility index (Phi) is 9.33. The van der Waals surface area contributed by atoms with E-state index in [1.807, 2.05) is 19.9 Å². The Morgan fingerprint density at radius 1 is 1.22 bits per heavy atom. The van der Waals surface area contributed by atoms with E-state index < -0.39 is 29.7 Å². The molecular weight excluding hydrogens is 464 g/mol. The summed E-state index contributed by atoms with van der Waals surface area (Å²) in [5.41, 5.74) is 0.305. The highest BCUT2D eigenvalue weighted by Gasteiger charge is 2.61. The largest absolute Gasteiger partial charge is 0.459 e. The van der Waals surface area contributed by atoms with E-state index in [4.69, 9.17) is 18.9 Å². The summed E-state index contributed by atoms with van der Waals surface area (Å²) in [6.45, 7) is 11.2. The lowest BCUT2D eigenvalue weighted by Crippen LogP contribution is -2.54. The smallest absolute Gasteiger partial charge is 0.303 e. The van der Waals surface area contributed by atoms with Gasteiger partial charge < -0.3 is 29.2 Å². The number of hydrogen-bond donors (Lipinski definition) is 2. The van der Waals surface area contributed by atoms with E-state index in [1.54, 1.807) is 26.0 Å². The van der Waals surface area contributed by atoms with Crippen LogP contribution in [0.3, 0.4) is 0 Å². The average Bonchev–Trinajstić information content (AvgIpc) is 3.54. The number of ketones is 1. The number of allylic oxidation sites excluding steroid dienone is 3. The Bertz CT molecular complexity index is 884. The van der Waals surface area contributed by atoms with Gasteiger partial charge in [0.25, 0.3) is 0 Å². The van der Waals surface area contributed by atoms with Gasteiger partial charge in [-0.3, -0.25) is 9.59 Å². The van der Waals surface area contributed by atoms with Gasteiger partial charge in [0.15, 0.2) is 11.6 Å². The number of rotatable bonds is 9. The minimum atomic E-state index is -1.34. The second kappa shape index (κ2) is 11.7. The van der Waals surface area contributed by atoms with Crippen LogP contribution < -0.4 is 0 Å². The third-order valence-corrected chi connectivity index (χ3v) is 7.33. The number of epoxide rings is 1. The molecule has 36 heavy (non-hydrogen) atoms. The van der Waals surface area contributed by atoms with Gasteiger partial charge >= 0.3 is 5.97 Å². The number of esters is 1. The molecule has 2 N–H and O–H groups in total. The van der Waals surface area contributed by atoms with Crippen molar-refractivity contribution in [1.29, 1.82) is 0 Å². The summed E-state index contributed by atoms with van der Waals surface area (Å²) in [6, 6.07) is 0. The topological polar surface area (TPSA) is 115 Å². The van der Waals surface area contributed by atoms with Gasteiger partial charge in [-0.25, -0.2) is 0 Å². The van der Waals surface area contributed by atoms with Crippen molar-refractivity contribution in [3.63, 3.8) is 0 Å². The van der Waals surface area contributed by atoms with Crippen LogP contribution in [-0.2, 0) is 28.5 Å². The first-order valence-electron chi connectivity index (χ1n) is 12.9. The standard InChI is InChI=1S/C28H42O8/c1-17(8-12-25-26(31)28(16-33-28)15-27(6,32)36-25)7-11-24-18(2)13-22(20(4)35-24)14-23(30)10-9-19(3)34-21(5)29/h7-10,12,18-20,22,24-26,31-32H,11,13-16H2,1-6H3/b10-9-,12-8+,17-7+/t18-,19-,20+,22+,24-,25+,26-,27-,28-/m0/s1. The molecule has 0 aliphatic carbocycles. The predicted molar refractivity (Wildman–Crippen MR) is 134 cm³/mol. The van der Waals surface area contributed by atoms with Crippen LogP contribution in [0.15, 0.2) is 36.0 Å². The van der Waals surface area contributed by atoms with Gasteiger partial charge in [-0.15, -0.1) is 0 Å². The summed E-state index contributed by atoms with van der Waals surface area (Å²) in [6.07, 6.45) is 9.30. The average molecular weight is 507 g/mol. The molecule has 3 fully saturated rings. The van der Waals surface area contributed by atoms with Crippen molar-refractivity contribution in [2.24, 2.45) is 11.8 Å². The van der Waals surface area contributed by atoms with Gasteiger partial charge in [-0.1, -0.05) is 30.7 Å². The van der Waals surface area contributed by atoms with Crippen LogP contribution >= 0.6 is 0 Å². The second-order valence-electron chi connectivity index (χ2n) is 11.0. The lowest BCUT2D eigenvalue weighted by molar-refractivity contribution is -0.272. The van der Waals surface area contributed by atoms with E-state index in [-0.39, 0.29) is 36.3 Å². The summed E-state index contributed by atoms with van der Waals surface area (Å²) in [5.74, 6) is -1.27. The molecule has 1 spiro atoms. The predicted octanol–water partition coefficient (Wildman–Crippen LogP) is 3.40. The number of hydrogen-bond acceptors (Lipinski definition) is 8. The van der Waals surface area contributed by atoms with Gasteiger partial charge in [0.1, 0.15) is 23.9 Å². The Balaban J connectivity index is 1.49. The molecule has 0 aromatic rings. The molecule has 3 saturated heterocycles. The van der Waals surface area contributed by atoms with E-state index in [1.165, 1.54) is 13.0 Å². The summed E-state index contributed by atoms with van der Waals surface area (Å²) >= 11 is 0. The van der Waals surface area contributed by atoms with E-state index in [2.05, 4.69) is 13.0 Å². The molecule has 0 amide bonds. The molecule has 9 atom stereocenters. The fraction of sp³-hybridized carbons (Fsp3) is 0.714. The van der Waals surface area contributed by atoms with Gasteiger partial charge in [0.2, 0.25) is 0 Å². The maximum absolute atomic E-state index is 12.4. The summed E-state index contributed by atoms with van der Waals surface area (Å²) in [4.78, 5) is 23.4. The number of ether oxygens (including phenoxy) is 4. The quantitative estimate of drug-likeness (QED) is 0.212. The normalized spacial score (nSPS) is 40.1. The van der Waals surface area contributed by atoms with Crippen LogP contribution in [0.1, 0.15) is 67.2 Å². The molecule has 3 aliphatic rings. The van der Waals surface area contributed by atoms with Crippen molar-refractivity contribution in [2.75, 3.05) is 6.61 Å². The van der Waals surface area contributed by atoms with Gasteiger partial charge in [-0.2, -0.15) is 0 Å². The molecule has 0 unspecified atom stereocenters. The number of carbonyl (C=O) groups excluding carboxylic acids is 2. The molecule has 0 saturated carbocycles. The SMILES string of the molecule is CC(=O)O[C@@H](C)/C=C\C(=O)C[C@H]1C[C@H](C)[C@H](C/C=C(C)/C=C/[C@H]2O[C@](C)(O)C[C@]3(CO3)[C@H]2O)O[C@@H]1C. The maximum Gasteiger partial charge on any atom is 0.303 e. The van der Waals surface area contributed by atoms with Crippen LogP contribution in [0.4, 0.5) is 0 Å². The maximum atomic E-state index is 12.4. The third-order valence-electron chi connectivity index (χ3n) is 7.33. The van der Waals surface area contributed by atoms with Gasteiger partial charge in [0, 0.05) is 19.8 Å². The Morgan fingerprint density at radius 3 is 2.56 bits per heavy atom. The Labute approximate surface area is 214 Å². The molecule has 202 valence electrons. The van der Waals surface area contributed by atoms with Crippen LogP contribution in [0.25, 0.3) is 0 Å². The zero-order chi connectivity index (χ0) is 26.7. The van der Waals surface area contributed by atoms with E-state index in [0.29, 0.717) is 18.9 Å². The zero-order valence-corrected chi connectivity index (χ0v) is 22.3.